The number of hydrogen-bond donors (Lipinski definition) is 1. The van der Waals surface area contributed by atoms with Crippen LogP contribution in [-0.2, 0) is 0 Å². The zero-order valence-electron chi connectivity index (χ0n) is 16.2. The van der Waals surface area contributed by atoms with Crippen molar-refractivity contribution in [2.24, 2.45) is 0 Å². The van der Waals surface area contributed by atoms with Crippen molar-refractivity contribution >= 4 is 17.4 Å². The van der Waals surface area contributed by atoms with Gasteiger partial charge in [0.1, 0.15) is 17.3 Å². The normalized spacial score (nSPS) is 18.0. The molecule has 2 aliphatic rings. The smallest absolute Gasteiger partial charge is 0.255 e. The molecule has 4 heterocycles. The summed E-state index contributed by atoms with van der Waals surface area (Å²) in [4.78, 5) is 14.8. The minimum absolute atomic E-state index is 0.0501. The van der Waals surface area contributed by atoms with E-state index in [0.29, 0.717) is 17.2 Å². The van der Waals surface area contributed by atoms with Crippen molar-refractivity contribution in [3.8, 4) is 0 Å². The average Bonchev–Trinajstić information content (AvgIpc) is 3.35. The molecule has 1 aliphatic heterocycles. The third-order valence-corrected chi connectivity index (χ3v) is 5.66. The van der Waals surface area contributed by atoms with Crippen LogP contribution in [0.4, 0.5) is 5.82 Å². The topological polar surface area (TPSA) is 88.6 Å². The molecule has 1 saturated carbocycles. The molecule has 1 aliphatic carbocycles. The molecule has 28 heavy (non-hydrogen) atoms. The Morgan fingerprint density at radius 1 is 1.14 bits per heavy atom. The maximum Gasteiger partial charge on any atom is 0.255 e. The fourth-order valence-corrected chi connectivity index (χ4v) is 3.93. The van der Waals surface area contributed by atoms with Gasteiger partial charge < -0.3 is 14.6 Å². The summed E-state index contributed by atoms with van der Waals surface area (Å²) >= 11 is 0. The van der Waals surface area contributed by atoms with E-state index in [1.165, 1.54) is 12.8 Å². The van der Waals surface area contributed by atoms with Crippen LogP contribution >= 0.6 is 0 Å². The summed E-state index contributed by atoms with van der Waals surface area (Å²) in [5, 5.41) is 16.5. The van der Waals surface area contributed by atoms with Crippen molar-refractivity contribution in [3.63, 3.8) is 0 Å². The van der Waals surface area contributed by atoms with Gasteiger partial charge in [-0.2, -0.15) is 4.52 Å². The van der Waals surface area contributed by atoms with E-state index >= 15 is 0 Å². The van der Waals surface area contributed by atoms with Gasteiger partial charge in [0.2, 0.25) is 0 Å². The van der Waals surface area contributed by atoms with Gasteiger partial charge in [-0.3, -0.25) is 4.79 Å². The third kappa shape index (κ3) is 3.12. The summed E-state index contributed by atoms with van der Waals surface area (Å²) in [6.07, 6.45) is 4.12. The molecule has 2 fully saturated rings. The summed E-state index contributed by atoms with van der Waals surface area (Å²) in [7, 11) is 0. The number of piperidine rings is 1. The van der Waals surface area contributed by atoms with Crippen molar-refractivity contribution in [3.05, 3.63) is 41.1 Å². The molecule has 3 aromatic heterocycles. The van der Waals surface area contributed by atoms with Crippen LogP contribution in [0, 0.1) is 13.8 Å². The number of nitrogens with one attached hydrogen (secondary N) is 1. The van der Waals surface area contributed by atoms with E-state index in [9.17, 15) is 4.79 Å². The quantitative estimate of drug-likeness (QED) is 0.748. The van der Waals surface area contributed by atoms with Gasteiger partial charge in [0.05, 0.1) is 5.56 Å². The Bertz CT molecular complexity index is 1030. The minimum atomic E-state index is -0.0501. The van der Waals surface area contributed by atoms with E-state index in [1.54, 1.807) is 6.07 Å². The Balaban J connectivity index is 1.24. The molecule has 0 spiro atoms. The average molecular weight is 380 g/mol. The summed E-state index contributed by atoms with van der Waals surface area (Å²) < 4.78 is 7.36. The van der Waals surface area contributed by atoms with Crippen molar-refractivity contribution in [1.82, 2.24) is 25.1 Å². The zero-order valence-corrected chi connectivity index (χ0v) is 16.2. The van der Waals surface area contributed by atoms with Gasteiger partial charge >= 0.3 is 0 Å². The summed E-state index contributed by atoms with van der Waals surface area (Å²) in [5.41, 5.74) is 1.44. The summed E-state index contributed by atoms with van der Waals surface area (Å²) in [6.45, 7) is 5.39. The van der Waals surface area contributed by atoms with Crippen LogP contribution in [0.2, 0.25) is 0 Å². The van der Waals surface area contributed by atoms with Gasteiger partial charge in [-0.1, -0.05) is 0 Å². The lowest BCUT2D eigenvalue weighted by Crippen LogP contribution is -2.45. The molecule has 1 amide bonds. The molecule has 146 valence electrons. The highest BCUT2D eigenvalue weighted by atomic mass is 16.3. The van der Waals surface area contributed by atoms with Gasteiger partial charge in [0.15, 0.2) is 11.5 Å². The Morgan fingerprint density at radius 2 is 1.93 bits per heavy atom. The monoisotopic (exact) mass is 380 g/mol. The Kier molecular flexibility index (Phi) is 4.07. The molecule has 0 unspecified atom stereocenters. The number of carbonyl (C=O) groups is 1. The first kappa shape index (κ1) is 17.2. The number of amides is 1. The molecular formula is C20H24N6O2. The molecule has 1 saturated heterocycles. The number of furan rings is 1. The lowest BCUT2D eigenvalue weighted by molar-refractivity contribution is 0.0929. The van der Waals surface area contributed by atoms with E-state index in [-0.39, 0.29) is 11.9 Å². The Hall–Kier alpha value is -2.90. The standard InChI is InChI=1S/C20H24N6O2/c1-12-11-16(13(2)28-12)20(27)21-15-7-9-25(10-8-15)18-6-5-17-22-23-19(14-3-4-14)26(17)24-18/h5-6,11,14-15H,3-4,7-10H2,1-2H3,(H,21,27). The van der Waals surface area contributed by atoms with Crippen molar-refractivity contribution in [2.75, 3.05) is 18.0 Å². The second kappa shape index (κ2) is 6.61. The predicted octanol–water partition coefficient (Wildman–Crippen LogP) is 2.61. The van der Waals surface area contributed by atoms with Crippen molar-refractivity contribution < 1.29 is 9.21 Å². The summed E-state index contributed by atoms with van der Waals surface area (Å²) in [6, 6.07) is 5.96. The SMILES string of the molecule is Cc1cc(C(=O)NC2CCN(c3ccc4nnc(C5CC5)n4n3)CC2)c(C)o1. The first-order valence-corrected chi connectivity index (χ1v) is 9.93. The van der Waals surface area contributed by atoms with E-state index in [1.807, 2.05) is 30.5 Å². The molecule has 0 bridgehead atoms. The first-order valence-electron chi connectivity index (χ1n) is 9.93. The van der Waals surface area contributed by atoms with Crippen LogP contribution < -0.4 is 10.2 Å². The lowest BCUT2D eigenvalue weighted by Gasteiger charge is -2.33. The fourth-order valence-electron chi connectivity index (χ4n) is 3.93. The molecular weight excluding hydrogens is 356 g/mol. The van der Waals surface area contributed by atoms with Crippen LogP contribution in [0.25, 0.3) is 5.65 Å². The predicted molar refractivity (Wildman–Crippen MR) is 104 cm³/mol. The number of aromatic nitrogens is 4. The van der Waals surface area contributed by atoms with E-state index in [0.717, 1.165) is 49.0 Å². The van der Waals surface area contributed by atoms with Crippen LogP contribution in [0.15, 0.2) is 22.6 Å². The van der Waals surface area contributed by atoms with E-state index in [4.69, 9.17) is 9.52 Å². The Morgan fingerprint density at radius 3 is 2.61 bits per heavy atom. The zero-order chi connectivity index (χ0) is 19.3. The highest BCUT2D eigenvalue weighted by molar-refractivity contribution is 5.95. The molecule has 5 rings (SSSR count). The molecule has 0 radical (unpaired) electrons. The highest BCUT2D eigenvalue weighted by Crippen LogP contribution is 2.38. The lowest BCUT2D eigenvalue weighted by atomic mass is 10.0. The van der Waals surface area contributed by atoms with Crippen molar-refractivity contribution in [1.29, 1.82) is 0 Å². The van der Waals surface area contributed by atoms with E-state index in [2.05, 4.69) is 20.4 Å². The minimum Gasteiger partial charge on any atom is -0.466 e. The molecule has 0 atom stereocenters. The van der Waals surface area contributed by atoms with Gasteiger partial charge in [-0.05, 0) is 57.7 Å². The number of aryl methyl sites for hydroxylation is 2. The van der Waals surface area contributed by atoms with Crippen molar-refractivity contribution in [2.45, 2.75) is 51.5 Å². The first-order chi connectivity index (χ1) is 13.6. The molecule has 8 heteroatoms. The number of hydrogen-bond acceptors (Lipinski definition) is 6. The van der Waals surface area contributed by atoms with Crippen LogP contribution in [0.1, 0.15) is 59.3 Å². The number of rotatable bonds is 4. The molecule has 0 aromatic carbocycles. The van der Waals surface area contributed by atoms with Crippen LogP contribution in [0.5, 0.6) is 0 Å². The van der Waals surface area contributed by atoms with Gasteiger partial charge in [-0.25, -0.2) is 0 Å². The number of nitrogens with zero attached hydrogens (tertiary/aromatic N) is 5. The number of carbonyl (C=O) groups excluding carboxylic acids is 1. The van der Waals surface area contributed by atoms with Gasteiger partial charge in [0, 0.05) is 25.0 Å². The largest absolute Gasteiger partial charge is 0.466 e. The van der Waals surface area contributed by atoms with Crippen LogP contribution in [-0.4, -0.2) is 44.8 Å². The van der Waals surface area contributed by atoms with E-state index < -0.39 is 0 Å². The second-order valence-corrected chi connectivity index (χ2v) is 7.86. The molecule has 8 nitrogen and oxygen atoms in total. The molecule has 1 N–H and O–H groups in total. The summed E-state index contributed by atoms with van der Waals surface area (Å²) in [5.74, 6) is 3.81. The Labute approximate surface area is 162 Å². The number of fused-ring (bicyclic) bond motifs is 1. The van der Waals surface area contributed by atoms with Crippen LogP contribution in [0.3, 0.4) is 0 Å². The third-order valence-electron chi connectivity index (χ3n) is 5.66. The van der Waals surface area contributed by atoms with Gasteiger partial charge in [0.25, 0.3) is 5.91 Å². The number of anilines is 1. The van der Waals surface area contributed by atoms with Gasteiger partial charge in [-0.15, -0.1) is 15.3 Å². The molecule has 3 aromatic rings. The fraction of sp³-hybridized carbons (Fsp3) is 0.500. The second-order valence-electron chi connectivity index (χ2n) is 7.86. The highest BCUT2D eigenvalue weighted by Gasteiger charge is 2.30. The maximum atomic E-state index is 12.5. The maximum absolute atomic E-state index is 12.5.